The minimum Gasteiger partial charge on any atom is -0.327 e. The van der Waals surface area contributed by atoms with Crippen LogP contribution >= 0.6 is 0 Å². The van der Waals surface area contributed by atoms with Gasteiger partial charge in [-0.25, -0.2) is 0 Å². The van der Waals surface area contributed by atoms with Crippen LogP contribution in [0.5, 0.6) is 0 Å². The Kier molecular flexibility index (Phi) is 4.71. The standard InChI is InChI=1S/C16H32N2/c1-12-15(17)10-9-13(16(12,2)3)11-18-14-7-5-4-6-8-14/h12-15,18H,4-11,17H2,1-3H3. The van der Waals surface area contributed by atoms with Crippen molar-refractivity contribution < 1.29 is 0 Å². The van der Waals surface area contributed by atoms with Crippen molar-refractivity contribution in [3.05, 3.63) is 0 Å². The number of nitrogens with one attached hydrogen (secondary N) is 1. The molecule has 0 amide bonds. The van der Waals surface area contributed by atoms with Crippen LogP contribution in [0.15, 0.2) is 0 Å². The molecule has 0 radical (unpaired) electrons. The third kappa shape index (κ3) is 3.08. The van der Waals surface area contributed by atoms with Gasteiger partial charge in [0.25, 0.3) is 0 Å². The van der Waals surface area contributed by atoms with Crippen molar-refractivity contribution in [1.82, 2.24) is 5.32 Å². The molecule has 106 valence electrons. The summed E-state index contributed by atoms with van der Waals surface area (Å²) in [5.74, 6) is 1.44. The maximum Gasteiger partial charge on any atom is 0.00698 e. The molecule has 0 aromatic carbocycles. The van der Waals surface area contributed by atoms with Crippen LogP contribution in [0.1, 0.15) is 65.7 Å². The molecule has 3 atom stereocenters. The molecule has 0 aromatic rings. The van der Waals surface area contributed by atoms with Crippen LogP contribution in [-0.4, -0.2) is 18.6 Å². The van der Waals surface area contributed by atoms with Crippen LogP contribution in [0.4, 0.5) is 0 Å². The molecule has 2 rings (SSSR count). The van der Waals surface area contributed by atoms with Gasteiger partial charge in [-0.15, -0.1) is 0 Å². The highest BCUT2D eigenvalue weighted by Gasteiger charge is 2.41. The fourth-order valence-electron chi connectivity index (χ4n) is 3.92. The third-order valence-electron chi connectivity index (χ3n) is 5.97. The van der Waals surface area contributed by atoms with E-state index in [2.05, 4.69) is 26.1 Å². The van der Waals surface area contributed by atoms with E-state index < -0.39 is 0 Å². The second kappa shape index (κ2) is 5.92. The minimum absolute atomic E-state index is 0.388. The Labute approximate surface area is 113 Å². The second-order valence-electron chi connectivity index (χ2n) is 7.29. The monoisotopic (exact) mass is 252 g/mol. The summed E-state index contributed by atoms with van der Waals surface area (Å²) in [6, 6.07) is 1.20. The summed E-state index contributed by atoms with van der Waals surface area (Å²) in [6.45, 7) is 8.39. The summed E-state index contributed by atoms with van der Waals surface area (Å²) < 4.78 is 0. The zero-order valence-corrected chi connectivity index (χ0v) is 12.5. The normalized spacial score (nSPS) is 37.7. The summed E-state index contributed by atoms with van der Waals surface area (Å²) in [4.78, 5) is 0. The average Bonchev–Trinajstić information content (AvgIpc) is 2.37. The Balaban J connectivity index is 1.84. The molecule has 0 spiro atoms. The van der Waals surface area contributed by atoms with Gasteiger partial charge in [-0.1, -0.05) is 40.0 Å². The number of nitrogens with two attached hydrogens (primary N) is 1. The van der Waals surface area contributed by atoms with Gasteiger partial charge in [0.1, 0.15) is 0 Å². The Bertz CT molecular complexity index is 256. The van der Waals surface area contributed by atoms with Crippen molar-refractivity contribution in [3.8, 4) is 0 Å². The van der Waals surface area contributed by atoms with E-state index in [0.29, 0.717) is 17.4 Å². The van der Waals surface area contributed by atoms with Crippen LogP contribution < -0.4 is 11.1 Å². The molecule has 3 N–H and O–H groups in total. The lowest BCUT2D eigenvalue weighted by Gasteiger charge is -2.47. The Hall–Kier alpha value is -0.0800. The van der Waals surface area contributed by atoms with Crippen LogP contribution in [0.25, 0.3) is 0 Å². The third-order valence-corrected chi connectivity index (χ3v) is 5.97. The first-order valence-electron chi connectivity index (χ1n) is 8.00. The van der Waals surface area contributed by atoms with E-state index in [0.717, 1.165) is 12.0 Å². The fourth-order valence-corrected chi connectivity index (χ4v) is 3.92. The molecule has 18 heavy (non-hydrogen) atoms. The average molecular weight is 252 g/mol. The van der Waals surface area contributed by atoms with E-state index in [1.165, 1.54) is 51.5 Å². The first kappa shape index (κ1) is 14.3. The molecule has 2 fully saturated rings. The Morgan fingerprint density at radius 3 is 2.39 bits per heavy atom. The number of rotatable bonds is 3. The molecular weight excluding hydrogens is 220 g/mol. The summed E-state index contributed by atoms with van der Waals surface area (Å²) in [7, 11) is 0. The molecular formula is C16H32N2. The molecule has 3 unspecified atom stereocenters. The predicted molar refractivity (Wildman–Crippen MR) is 78.5 cm³/mol. The van der Waals surface area contributed by atoms with Crippen molar-refractivity contribution in [2.75, 3.05) is 6.54 Å². The number of hydrogen-bond donors (Lipinski definition) is 2. The molecule has 0 heterocycles. The predicted octanol–water partition coefficient (Wildman–Crippen LogP) is 3.31. The molecule has 0 aliphatic heterocycles. The summed E-state index contributed by atoms with van der Waals surface area (Å²) in [5.41, 5.74) is 6.62. The van der Waals surface area contributed by atoms with Gasteiger partial charge in [0.2, 0.25) is 0 Å². The van der Waals surface area contributed by atoms with E-state index in [-0.39, 0.29) is 0 Å². The van der Waals surface area contributed by atoms with Crippen LogP contribution in [-0.2, 0) is 0 Å². The van der Waals surface area contributed by atoms with Gasteiger partial charge < -0.3 is 11.1 Å². The van der Waals surface area contributed by atoms with Crippen LogP contribution in [0.3, 0.4) is 0 Å². The molecule has 0 aromatic heterocycles. The van der Waals surface area contributed by atoms with Crippen molar-refractivity contribution in [3.63, 3.8) is 0 Å². The highest BCUT2D eigenvalue weighted by atomic mass is 14.9. The first-order chi connectivity index (χ1) is 8.51. The van der Waals surface area contributed by atoms with E-state index in [4.69, 9.17) is 5.73 Å². The molecule has 2 aliphatic carbocycles. The van der Waals surface area contributed by atoms with Gasteiger partial charge in [-0.3, -0.25) is 0 Å². The zero-order chi connectivity index (χ0) is 13.2. The zero-order valence-electron chi connectivity index (χ0n) is 12.5. The lowest BCUT2D eigenvalue weighted by atomic mass is 9.61. The lowest BCUT2D eigenvalue weighted by Crippen LogP contribution is -2.50. The first-order valence-corrected chi connectivity index (χ1v) is 8.00. The molecule has 2 aliphatic rings. The molecule has 0 saturated heterocycles. The van der Waals surface area contributed by atoms with Crippen LogP contribution in [0, 0.1) is 17.3 Å². The quantitative estimate of drug-likeness (QED) is 0.809. The van der Waals surface area contributed by atoms with Crippen molar-refractivity contribution in [2.45, 2.75) is 77.8 Å². The van der Waals surface area contributed by atoms with E-state index in [9.17, 15) is 0 Å². The maximum atomic E-state index is 6.23. The van der Waals surface area contributed by atoms with Crippen molar-refractivity contribution in [1.29, 1.82) is 0 Å². The second-order valence-corrected chi connectivity index (χ2v) is 7.29. The van der Waals surface area contributed by atoms with Gasteiger partial charge in [0, 0.05) is 12.1 Å². The number of hydrogen-bond acceptors (Lipinski definition) is 2. The Morgan fingerprint density at radius 1 is 1.06 bits per heavy atom. The van der Waals surface area contributed by atoms with Gasteiger partial charge in [0.15, 0.2) is 0 Å². The van der Waals surface area contributed by atoms with E-state index in [1.54, 1.807) is 0 Å². The summed E-state index contributed by atoms with van der Waals surface area (Å²) in [5, 5.41) is 3.84. The van der Waals surface area contributed by atoms with Crippen LogP contribution in [0.2, 0.25) is 0 Å². The van der Waals surface area contributed by atoms with Gasteiger partial charge in [0.05, 0.1) is 0 Å². The van der Waals surface area contributed by atoms with E-state index >= 15 is 0 Å². The van der Waals surface area contributed by atoms with Gasteiger partial charge in [-0.2, -0.15) is 0 Å². The van der Waals surface area contributed by atoms with Gasteiger partial charge in [-0.05, 0) is 49.5 Å². The van der Waals surface area contributed by atoms with Crippen molar-refractivity contribution >= 4 is 0 Å². The highest BCUT2D eigenvalue weighted by Crippen LogP contribution is 2.44. The maximum absolute atomic E-state index is 6.23. The van der Waals surface area contributed by atoms with E-state index in [1.807, 2.05) is 0 Å². The molecule has 2 heteroatoms. The molecule has 2 nitrogen and oxygen atoms in total. The topological polar surface area (TPSA) is 38.0 Å². The van der Waals surface area contributed by atoms with Gasteiger partial charge >= 0.3 is 0 Å². The SMILES string of the molecule is CC1C(N)CCC(CNC2CCCCC2)C1(C)C. The lowest BCUT2D eigenvalue weighted by molar-refractivity contribution is 0.0514. The summed E-state index contributed by atoms with van der Waals surface area (Å²) in [6.07, 6.45) is 9.59. The molecule has 0 bridgehead atoms. The fraction of sp³-hybridized carbons (Fsp3) is 1.00. The smallest absolute Gasteiger partial charge is 0.00698 e. The Morgan fingerprint density at radius 2 is 1.72 bits per heavy atom. The largest absolute Gasteiger partial charge is 0.327 e. The minimum atomic E-state index is 0.388. The van der Waals surface area contributed by atoms with Crippen molar-refractivity contribution in [2.24, 2.45) is 23.0 Å². The molecule has 2 saturated carbocycles. The highest BCUT2D eigenvalue weighted by molar-refractivity contribution is 4.94. The summed E-state index contributed by atoms with van der Waals surface area (Å²) >= 11 is 0.